The minimum Gasteiger partial charge on any atom is -0.508 e. The third kappa shape index (κ3) is 2.20. The average molecular weight is 221 g/mol. The van der Waals surface area contributed by atoms with E-state index in [9.17, 15) is 10.3 Å². The van der Waals surface area contributed by atoms with E-state index in [-0.39, 0.29) is 5.54 Å². The summed E-state index contributed by atoms with van der Waals surface area (Å²) in [6.45, 7) is 2.87. The van der Waals surface area contributed by atoms with E-state index in [1.54, 1.807) is 6.07 Å². The lowest BCUT2D eigenvalue weighted by Crippen LogP contribution is -2.55. The third-order valence-corrected chi connectivity index (χ3v) is 3.64. The average Bonchev–Trinajstić information content (AvgIpc) is 2.29. The second-order valence-corrected chi connectivity index (χ2v) is 4.85. The van der Waals surface area contributed by atoms with E-state index in [4.69, 9.17) is 0 Å². The molecule has 16 heavy (non-hydrogen) atoms. The molecule has 1 aromatic carbocycles. The van der Waals surface area contributed by atoms with Gasteiger partial charge in [-0.15, -0.1) is 0 Å². The molecule has 0 bridgehead atoms. The van der Waals surface area contributed by atoms with Crippen molar-refractivity contribution < 1.29 is 10.3 Å². The van der Waals surface area contributed by atoms with Gasteiger partial charge in [-0.05, 0) is 44.2 Å². The standard InChI is InChI=1S/C13H19NO2/c1-13(9-10-14(13)16)8-4-6-11-5-2-3-7-12(11)15/h2-3,5,7,15-16H,4,6,8-10H2,1H3. The van der Waals surface area contributed by atoms with Gasteiger partial charge in [0, 0.05) is 12.1 Å². The monoisotopic (exact) mass is 221 g/mol. The van der Waals surface area contributed by atoms with Crippen LogP contribution in [0.25, 0.3) is 0 Å². The molecule has 1 aliphatic heterocycles. The molecule has 3 heteroatoms. The number of aryl methyl sites for hydroxylation is 1. The van der Waals surface area contributed by atoms with Gasteiger partial charge < -0.3 is 10.3 Å². The molecule has 1 unspecified atom stereocenters. The van der Waals surface area contributed by atoms with E-state index < -0.39 is 0 Å². The normalized spacial score (nSPS) is 25.4. The first-order valence-corrected chi connectivity index (χ1v) is 5.85. The number of aromatic hydroxyl groups is 1. The number of hydroxylamine groups is 2. The lowest BCUT2D eigenvalue weighted by molar-refractivity contribution is -0.231. The quantitative estimate of drug-likeness (QED) is 0.821. The van der Waals surface area contributed by atoms with Crippen LogP contribution in [0.2, 0.25) is 0 Å². The topological polar surface area (TPSA) is 43.7 Å². The van der Waals surface area contributed by atoms with Crippen LogP contribution in [0.15, 0.2) is 24.3 Å². The van der Waals surface area contributed by atoms with E-state index in [0.29, 0.717) is 5.75 Å². The Bertz CT molecular complexity index is 367. The Morgan fingerprint density at radius 1 is 1.38 bits per heavy atom. The van der Waals surface area contributed by atoms with Crippen molar-refractivity contribution in [2.24, 2.45) is 0 Å². The summed E-state index contributed by atoms with van der Waals surface area (Å²) < 4.78 is 0. The smallest absolute Gasteiger partial charge is 0.118 e. The van der Waals surface area contributed by atoms with Crippen LogP contribution in [0, 0.1) is 0 Å². The Labute approximate surface area is 96.3 Å². The second kappa shape index (κ2) is 4.44. The van der Waals surface area contributed by atoms with Crippen LogP contribution in [0.5, 0.6) is 5.75 Å². The van der Waals surface area contributed by atoms with Gasteiger partial charge in [0.15, 0.2) is 0 Å². The summed E-state index contributed by atoms with van der Waals surface area (Å²) in [5.74, 6) is 0.377. The number of nitrogens with zero attached hydrogens (tertiary/aromatic N) is 1. The first kappa shape index (κ1) is 11.4. The number of benzene rings is 1. The number of rotatable bonds is 4. The molecule has 1 saturated heterocycles. The molecule has 1 aromatic rings. The molecule has 3 nitrogen and oxygen atoms in total. The maximum atomic E-state index is 9.60. The molecular weight excluding hydrogens is 202 g/mol. The van der Waals surface area contributed by atoms with Gasteiger partial charge in [0.2, 0.25) is 0 Å². The Balaban J connectivity index is 1.83. The summed E-state index contributed by atoms with van der Waals surface area (Å²) in [6.07, 6.45) is 3.89. The largest absolute Gasteiger partial charge is 0.508 e. The van der Waals surface area contributed by atoms with Crippen molar-refractivity contribution in [2.75, 3.05) is 6.54 Å². The molecule has 1 aliphatic rings. The number of hydrogen-bond acceptors (Lipinski definition) is 3. The van der Waals surface area contributed by atoms with Gasteiger partial charge in [0.25, 0.3) is 0 Å². The van der Waals surface area contributed by atoms with Gasteiger partial charge in [-0.25, -0.2) is 0 Å². The highest BCUT2D eigenvalue weighted by molar-refractivity contribution is 5.31. The lowest BCUT2D eigenvalue weighted by Gasteiger charge is -2.46. The molecule has 2 N–H and O–H groups in total. The predicted octanol–water partition coefficient (Wildman–Crippen LogP) is 2.57. The summed E-state index contributed by atoms with van der Waals surface area (Å²) in [5.41, 5.74) is 0.958. The molecule has 0 aliphatic carbocycles. The highest BCUT2D eigenvalue weighted by Gasteiger charge is 2.38. The summed E-state index contributed by atoms with van der Waals surface area (Å²) in [6, 6.07) is 7.45. The molecule has 1 heterocycles. The highest BCUT2D eigenvalue weighted by atomic mass is 16.5. The van der Waals surface area contributed by atoms with Crippen LogP contribution >= 0.6 is 0 Å². The van der Waals surface area contributed by atoms with Crippen LogP contribution in [0.1, 0.15) is 31.7 Å². The van der Waals surface area contributed by atoms with Gasteiger partial charge in [0.1, 0.15) is 5.75 Å². The Kier molecular flexibility index (Phi) is 3.17. The summed E-state index contributed by atoms with van der Waals surface area (Å²) >= 11 is 0. The third-order valence-electron chi connectivity index (χ3n) is 3.64. The second-order valence-electron chi connectivity index (χ2n) is 4.85. The fourth-order valence-electron chi connectivity index (χ4n) is 2.23. The maximum absolute atomic E-state index is 9.60. The van der Waals surface area contributed by atoms with Crippen LogP contribution in [0.3, 0.4) is 0 Å². The van der Waals surface area contributed by atoms with Gasteiger partial charge in [-0.3, -0.25) is 0 Å². The summed E-state index contributed by atoms with van der Waals surface area (Å²) in [7, 11) is 0. The molecular formula is C13H19NO2. The van der Waals surface area contributed by atoms with Crippen molar-refractivity contribution >= 4 is 0 Å². The first-order valence-electron chi connectivity index (χ1n) is 5.85. The van der Waals surface area contributed by atoms with Crippen LogP contribution in [-0.2, 0) is 6.42 Å². The minimum atomic E-state index is -0.0373. The predicted molar refractivity (Wildman–Crippen MR) is 62.6 cm³/mol. The summed E-state index contributed by atoms with van der Waals surface area (Å²) in [4.78, 5) is 0. The van der Waals surface area contributed by atoms with Crippen molar-refractivity contribution in [3.05, 3.63) is 29.8 Å². The van der Waals surface area contributed by atoms with Gasteiger partial charge >= 0.3 is 0 Å². The number of phenols is 1. The van der Waals surface area contributed by atoms with Crippen molar-refractivity contribution in [2.45, 2.75) is 38.1 Å². The van der Waals surface area contributed by atoms with Gasteiger partial charge in [-0.1, -0.05) is 18.2 Å². The van der Waals surface area contributed by atoms with Crippen molar-refractivity contribution in [1.29, 1.82) is 0 Å². The van der Waals surface area contributed by atoms with E-state index in [0.717, 1.165) is 37.8 Å². The number of para-hydroxylation sites is 1. The van der Waals surface area contributed by atoms with Crippen molar-refractivity contribution in [3.63, 3.8) is 0 Å². The molecule has 0 amide bonds. The molecule has 0 spiro atoms. The molecule has 1 atom stereocenters. The fraction of sp³-hybridized carbons (Fsp3) is 0.538. The number of phenolic OH excluding ortho intramolecular Hbond substituents is 1. The maximum Gasteiger partial charge on any atom is 0.118 e. The molecule has 0 saturated carbocycles. The molecule has 0 radical (unpaired) electrons. The van der Waals surface area contributed by atoms with Crippen molar-refractivity contribution in [1.82, 2.24) is 5.06 Å². The zero-order valence-corrected chi connectivity index (χ0v) is 9.69. The lowest BCUT2D eigenvalue weighted by atomic mass is 9.84. The fourth-order valence-corrected chi connectivity index (χ4v) is 2.23. The highest BCUT2D eigenvalue weighted by Crippen LogP contribution is 2.33. The zero-order valence-electron chi connectivity index (χ0n) is 9.69. The van der Waals surface area contributed by atoms with E-state index in [2.05, 4.69) is 6.92 Å². The van der Waals surface area contributed by atoms with Gasteiger partial charge in [0.05, 0.1) is 0 Å². The Morgan fingerprint density at radius 3 is 2.69 bits per heavy atom. The van der Waals surface area contributed by atoms with E-state index in [1.807, 2.05) is 18.2 Å². The van der Waals surface area contributed by atoms with E-state index in [1.165, 1.54) is 5.06 Å². The Hall–Kier alpha value is -1.06. The molecule has 2 rings (SSSR count). The summed E-state index contributed by atoms with van der Waals surface area (Å²) in [5, 5.41) is 20.5. The SMILES string of the molecule is CC1(CCCc2ccccc2O)CCN1O. The Morgan fingerprint density at radius 2 is 2.12 bits per heavy atom. The first-order chi connectivity index (χ1) is 7.62. The minimum absolute atomic E-state index is 0.0373. The molecule has 88 valence electrons. The molecule has 0 aromatic heterocycles. The van der Waals surface area contributed by atoms with E-state index >= 15 is 0 Å². The number of hydrogen-bond donors (Lipinski definition) is 2. The molecule has 1 fully saturated rings. The van der Waals surface area contributed by atoms with Crippen LogP contribution in [-0.4, -0.2) is 27.5 Å². The zero-order chi connectivity index (χ0) is 11.6. The van der Waals surface area contributed by atoms with Gasteiger partial charge in [-0.2, -0.15) is 5.06 Å². The van der Waals surface area contributed by atoms with Crippen molar-refractivity contribution in [3.8, 4) is 5.75 Å². The van der Waals surface area contributed by atoms with Crippen LogP contribution < -0.4 is 0 Å². The van der Waals surface area contributed by atoms with Crippen LogP contribution in [0.4, 0.5) is 0 Å².